The topological polar surface area (TPSA) is 84.2 Å². The van der Waals surface area contributed by atoms with E-state index in [0.717, 1.165) is 17.7 Å². The van der Waals surface area contributed by atoms with Crippen LogP contribution in [0.5, 0.6) is 0 Å². The number of hydrogen-bond donors (Lipinski definition) is 3. The van der Waals surface area contributed by atoms with Crippen LogP contribution in [0.15, 0.2) is 24.3 Å². The van der Waals surface area contributed by atoms with Crippen molar-refractivity contribution < 1.29 is 9.59 Å². The van der Waals surface area contributed by atoms with Crippen molar-refractivity contribution in [3.8, 4) is 0 Å². The summed E-state index contributed by atoms with van der Waals surface area (Å²) < 4.78 is 0. The number of nitrogen functional groups attached to an aromatic ring is 1. The maximum Gasteiger partial charge on any atom is 0.242 e. The molecule has 0 fully saturated rings. The predicted octanol–water partition coefficient (Wildman–Crippen LogP) is 2.11. The molecule has 1 unspecified atom stereocenters. The first-order chi connectivity index (χ1) is 10.8. The van der Waals surface area contributed by atoms with Gasteiger partial charge in [0.2, 0.25) is 11.8 Å². The van der Waals surface area contributed by atoms with Gasteiger partial charge in [-0.2, -0.15) is 0 Å². The Balaban J connectivity index is 2.47. The first-order valence-corrected chi connectivity index (χ1v) is 8.21. The van der Waals surface area contributed by atoms with E-state index in [-0.39, 0.29) is 23.7 Å². The van der Waals surface area contributed by atoms with Crippen molar-refractivity contribution in [2.24, 2.45) is 11.8 Å². The summed E-state index contributed by atoms with van der Waals surface area (Å²) in [5.41, 5.74) is 7.49. The van der Waals surface area contributed by atoms with Crippen molar-refractivity contribution >= 4 is 17.5 Å². The summed E-state index contributed by atoms with van der Waals surface area (Å²) in [5.74, 6) is 0.110. The van der Waals surface area contributed by atoms with Gasteiger partial charge in [-0.3, -0.25) is 9.59 Å². The lowest BCUT2D eigenvalue weighted by Gasteiger charge is -2.22. The van der Waals surface area contributed by atoms with E-state index in [1.165, 1.54) is 0 Å². The highest BCUT2D eigenvalue weighted by atomic mass is 16.2. The molecule has 128 valence electrons. The molecule has 5 nitrogen and oxygen atoms in total. The molecule has 0 heterocycles. The monoisotopic (exact) mass is 319 g/mol. The van der Waals surface area contributed by atoms with Gasteiger partial charge in [0.25, 0.3) is 0 Å². The molecular weight excluding hydrogens is 290 g/mol. The van der Waals surface area contributed by atoms with Crippen LogP contribution in [0.25, 0.3) is 0 Å². The van der Waals surface area contributed by atoms with Crippen LogP contribution < -0.4 is 16.4 Å². The molecule has 0 radical (unpaired) electrons. The van der Waals surface area contributed by atoms with Gasteiger partial charge >= 0.3 is 0 Å². The van der Waals surface area contributed by atoms with Gasteiger partial charge in [0.1, 0.15) is 6.04 Å². The Morgan fingerprint density at radius 1 is 1.09 bits per heavy atom. The molecule has 5 heteroatoms. The van der Waals surface area contributed by atoms with E-state index < -0.39 is 6.04 Å². The van der Waals surface area contributed by atoms with Gasteiger partial charge in [-0.15, -0.1) is 0 Å². The lowest BCUT2D eigenvalue weighted by atomic mass is 10.0. The summed E-state index contributed by atoms with van der Waals surface area (Å²) >= 11 is 0. The lowest BCUT2D eigenvalue weighted by Crippen LogP contribution is -2.50. The number of benzene rings is 1. The van der Waals surface area contributed by atoms with Crippen LogP contribution in [-0.2, 0) is 16.0 Å². The number of anilines is 1. The van der Waals surface area contributed by atoms with E-state index in [9.17, 15) is 9.59 Å². The van der Waals surface area contributed by atoms with Crippen LogP contribution in [-0.4, -0.2) is 24.4 Å². The number of carbonyl (C=O) groups excluding carboxylic acids is 2. The molecule has 1 rings (SSSR count). The Labute approximate surface area is 139 Å². The normalized spacial score (nSPS) is 12.3. The minimum atomic E-state index is -0.493. The van der Waals surface area contributed by atoms with Crippen LogP contribution in [0, 0.1) is 11.8 Å². The third-order valence-electron chi connectivity index (χ3n) is 3.55. The largest absolute Gasteiger partial charge is 0.399 e. The highest BCUT2D eigenvalue weighted by Crippen LogP contribution is 2.07. The summed E-state index contributed by atoms with van der Waals surface area (Å²) in [6.07, 6.45) is 1.17. The Bertz CT molecular complexity index is 510. The Morgan fingerprint density at radius 2 is 1.70 bits per heavy atom. The molecule has 4 N–H and O–H groups in total. The maximum atomic E-state index is 12.3. The van der Waals surface area contributed by atoms with E-state index in [1.807, 2.05) is 52.0 Å². The number of nitrogens with two attached hydrogens (primary N) is 1. The summed E-state index contributed by atoms with van der Waals surface area (Å²) in [7, 11) is 0. The molecule has 23 heavy (non-hydrogen) atoms. The molecule has 1 aromatic carbocycles. The van der Waals surface area contributed by atoms with Gasteiger partial charge in [0, 0.05) is 18.7 Å². The average Bonchev–Trinajstić information content (AvgIpc) is 2.45. The van der Waals surface area contributed by atoms with Crippen molar-refractivity contribution in [1.29, 1.82) is 0 Å². The zero-order valence-electron chi connectivity index (χ0n) is 14.6. The number of amides is 2. The highest BCUT2D eigenvalue weighted by Gasteiger charge is 2.23. The predicted molar refractivity (Wildman–Crippen MR) is 93.8 cm³/mol. The maximum absolute atomic E-state index is 12.3. The van der Waals surface area contributed by atoms with E-state index in [0.29, 0.717) is 13.0 Å². The molecule has 2 amide bonds. The molecule has 0 aliphatic rings. The van der Waals surface area contributed by atoms with Crippen LogP contribution in [0.4, 0.5) is 5.69 Å². The Kier molecular flexibility index (Phi) is 7.59. The minimum Gasteiger partial charge on any atom is -0.399 e. The van der Waals surface area contributed by atoms with Crippen molar-refractivity contribution in [3.05, 3.63) is 29.8 Å². The Hall–Kier alpha value is -2.04. The molecule has 0 saturated carbocycles. The molecule has 0 spiro atoms. The number of carbonyl (C=O) groups is 2. The van der Waals surface area contributed by atoms with Gasteiger partial charge in [-0.25, -0.2) is 0 Å². The molecular formula is C18H29N3O2. The Morgan fingerprint density at radius 3 is 2.22 bits per heavy atom. The molecule has 1 atom stereocenters. The lowest BCUT2D eigenvalue weighted by molar-refractivity contribution is -0.130. The van der Waals surface area contributed by atoms with Gasteiger partial charge in [-0.1, -0.05) is 39.8 Å². The van der Waals surface area contributed by atoms with Crippen LogP contribution >= 0.6 is 0 Å². The van der Waals surface area contributed by atoms with Crippen LogP contribution in [0.1, 0.15) is 39.7 Å². The second-order valence-electron chi connectivity index (χ2n) is 6.67. The van der Waals surface area contributed by atoms with Gasteiger partial charge < -0.3 is 16.4 Å². The van der Waals surface area contributed by atoms with E-state index >= 15 is 0 Å². The quantitative estimate of drug-likeness (QED) is 0.642. The first kappa shape index (κ1) is 19.0. The fraction of sp³-hybridized carbons (Fsp3) is 0.556. The fourth-order valence-corrected chi connectivity index (χ4v) is 2.26. The number of nitrogens with one attached hydrogen (secondary N) is 2. The van der Waals surface area contributed by atoms with Crippen molar-refractivity contribution in [2.75, 3.05) is 12.3 Å². The SMILES string of the molecule is CC(C)CC(=O)NC(C(=O)NCCc1ccc(N)cc1)C(C)C. The molecule has 0 aromatic heterocycles. The summed E-state index contributed by atoms with van der Waals surface area (Å²) in [6.45, 7) is 8.36. The standard InChI is InChI=1S/C18H29N3O2/c1-12(2)11-16(22)21-17(13(3)4)18(23)20-10-9-14-5-7-15(19)8-6-14/h5-8,12-13,17H,9-11,19H2,1-4H3,(H,20,23)(H,21,22). The van der Waals surface area contributed by atoms with Gasteiger partial charge in [0.15, 0.2) is 0 Å². The fourth-order valence-electron chi connectivity index (χ4n) is 2.26. The second-order valence-corrected chi connectivity index (χ2v) is 6.67. The average molecular weight is 319 g/mol. The van der Waals surface area contributed by atoms with Crippen molar-refractivity contribution in [3.63, 3.8) is 0 Å². The van der Waals surface area contributed by atoms with Gasteiger partial charge in [0.05, 0.1) is 0 Å². The molecule has 1 aromatic rings. The molecule has 0 aliphatic heterocycles. The van der Waals surface area contributed by atoms with E-state index in [4.69, 9.17) is 5.73 Å². The zero-order valence-corrected chi connectivity index (χ0v) is 14.6. The van der Waals surface area contributed by atoms with E-state index in [2.05, 4.69) is 10.6 Å². The van der Waals surface area contributed by atoms with Gasteiger partial charge in [-0.05, 0) is 36.0 Å². The zero-order chi connectivity index (χ0) is 17.4. The third-order valence-corrected chi connectivity index (χ3v) is 3.55. The number of rotatable bonds is 8. The summed E-state index contributed by atoms with van der Waals surface area (Å²) in [6, 6.07) is 7.10. The molecule has 0 bridgehead atoms. The molecule has 0 aliphatic carbocycles. The first-order valence-electron chi connectivity index (χ1n) is 8.21. The summed E-state index contributed by atoms with van der Waals surface area (Å²) in [5, 5.41) is 5.74. The van der Waals surface area contributed by atoms with Crippen molar-refractivity contribution in [2.45, 2.75) is 46.6 Å². The third kappa shape index (κ3) is 7.17. The smallest absolute Gasteiger partial charge is 0.242 e. The molecule has 0 saturated heterocycles. The van der Waals surface area contributed by atoms with E-state index in [1.54, 1.807) is 0 Å². The summed E-state index contributed by atoms with van der Waals surface area (Å²) in [4.78, 5) is 24.2. The van der Waals surface area contributed by atoms with Crippen LogP contribution in [0.2, 0.25) is 0 Å². The number of hydrogen-bond acceptors (Lipinski definition) is 3. The van der Waals surface area contributed by atoms with Crippen LogP contribution in [0.3, 0.4) is 0 Å². The highest BCUT2D eigenvalue weighted by molar-refractivity contribution is 5.87. The van der Waals surface area contributed by atoms with Crippen molar-refractivity contribution in [1.82, 2.24) is 10.6 Å². The second kappa shape index (κ2) is 9.18. The minimum absolute atomic E-state index is 0.0441.